The van der Waals surface area contributed by atoms with E-state index in [1.54, 1.807) is 18.2 Å². The predicted octanol–water partition coefficient (Wildman–Crippen LogP) is 2.00. The van der Waals surface area contributed by atoms with Gasteiger partial charge >= 0.3 is 17.8 Å². The molecular weight excluding hydrogens is 308 g/mol. The number of anilines is 2. The quantitative estimate of drug-likeness (QED) is 0.677. The maximum absolute atomic E-state index is 12.5. The SMILES string of the molecule is COC(=O)c1ccccc1NC(=O)C(=O)N1CCc2ccccc21. The van der Waals surface area contributed by atoms with Gasteiger partial charge in [-0.25, -0.2) is 4.79 Å². The van der Waals surface area contributed by atoms with E-state index in [0.29, 0.717) is 13.0 Å². The Hall–Kier alpha value is -3.15. The number of benzene rings is 2. The molecule has 6 heteroatoms. The molecule has 24 heavy (non-hydrogen) atoms. The molecule has 1 heterocycles. The molecule has 0 aliphatic carbocycles. The first-order chi connectivity index (χ1) is 11.6. The Morgan fingerprint density at radius 1 is 1.04 bits per heavy atom. The van der Waals surface area contributed by atoms with Crippen LogP contribution in [0.15, 0.2) is 48.5 Å². The molecule has 0 radical (unpaired) electrons. The molecule has 0 saturated carbocycles. The van der Waals surface area contributed by atoms with Crippen LogP contribution in [0.3, 0.4) is 0 Å². The second-order valence-electron chi connectivity index (χ2n) is 5.33. The molecule has 0 aromatic heterocycles. The van der Waals surface area contributed by atoms with Crippen molar-refractivity contribution < 1.29 is 19.1 Å². The number of carbonyl (C=O) groups is 3. The fourth-order valence-electron chi connectivity index (χ4n) is 2.73. The van der Waals surface area contributed by atoms with Gasteiger partial charge in [0.25, 0.3) is 0 Å². The summed E-state index contributed by atoms with van der Waals surface area (Å²) < 4.78 is 4.68. The van der Waals surface area contributed by atoms with Crippen molar-refractivity contribution in [2.24, 2.45) is 0 Å². The lowest BCUT2D eigenvalue weighted by Gasteiger charge is -2.17. The fraction of sp³-hybridized carbons (Fsp3) is 0.167. The first kappa shape index (κ1) is 15.7. The van der Waals surface area contributed by atoms with E-state index in [2.05, 4.69) is 10.1 Å². The second kappa shape index (κ2) is 6.54. The number of rotatable bonds is 2. The van der Waals surface area contributed by atoms with Crippen LogP contribution in [0.1, 0.15) is 15.9 Å². The molecule has 6 nitrogen and oxygen atoms in total. The zero-order chi connectivity index (χ0) is 17.1. The van der Waals surface area contributed by atoms with Crippen molar-refractivity contribution >= 4 is 29.2 Å². The molecular formula is C18H16N2O4. The van der Waals surface area contributed by atoms with E-state index < -0.39 is 17.8 Å². The summed E-state index contributed by atoms with van der Waals surface area (Å²) in [5, 5.41) is 2.50. The molecule has 2 amide bonds. The number of methoxy groups -OCH3 is 1. The van der Waals surface area contributed by atoms with Crippen LogP contribution < -0.4 is 10.2 Å². The number of hydrogen-bond donors (Lipinski definition) is 1. The lowest BCUT2D eigenvalue weighted by molar-refractivity contribution is -0.134. The Bertz CT molecular complexity index is 816. The van der Waals surface area contributed by atoms with Gasteiger partial charge in [-0.15, -0.1) is 0 Å². The van der Waals surface area contributed by atoms with Crippen LogP contribution >= 0.6 is 0 Å². The standard InChI is InChI=1S/C18H16N2O4/c1-24-18(23)13-7-3-4-8-14(13)19-16(21)17(22)20-11-10-12-6-2-5-9-15(12)20/h2-9H,10-11H2,1H3,(H,19,21). The Morgan fingerprint density at radius 2 is 1.75 bits per heavy atom. The normalized spacial score (nSPS) is 12.5. The summed E-state index contributed by atoms with van der Waals surface area (Å²) >= 11 is 0. The molecule has 0 saturated heterocycles. The third kappa shape index (κ3) is 2.86. The summed E-state index contributed by atoms with van der Waals surface area (Å²) in [5.74, 6) is -2.02. The fourth-order valence-corrected chi connectivity index (χ4v) is 2.73. The van der Waals surface area contributed by atoms with Crippen molar-refractivity contribution in [3.8, 4) is 0 Å². The minimum atomic E-state index is -0.789. The molecule has 2 aromatic rings. The molecule has 1 N–H and O–H groups in total. The van der Waals surface area contributed by atoms with Crippen molar-refractivity contribution in [2.45, 2.75) is 6.42 Å². The first-order valence-electron chi connectivity index (χ1n) is 7.50. The van der Waals surface area contributed by atoms with Gasteiger partial charge in [0.2, 0.25) is 0 Å². The average Bonchev–Trinajstić information content (AvgIpc) is 3.05. The number of hydrogen-bond acceptors (Lipinski definition) is 4. The summed E-state index contributed by atoms with van der Waals surface area (Å²) in [4.78, 5) is 38.0. The Kier molecular flexibility index (Phi) is 4.29. The molecule has 0 fully saturated rings. The van der Waals surface area contributed by atoms with E-state index in [-0.39, 0.29) is 11.3 Å². The monoisotopic (exact) mass is 324 g/mol. The number of para-hydroxylation sites is 2. The van der Waals surface area contributed by atoms with Crippen LogP contribution in [-0.4, -0.2) is 31.4 Å². The highest BCUT2D eigenvalue weighted by Gasteiger charge is 2.29. The number of ether oxygens (including phenoxy) is 1. The molecule has 1 aliphatic rings. The van der Waals surface area contributed by atoms with Crippen LogP contribution in [0.2, 0.25) is 0 Å². The van der Waals surface area contributed by atoms with E-state index in [9.17, 15) is 14.4 Å². The van der Waals surface area contributed by atoms with Crippen molar-refractivity contribution in [1.82, 2.24) is 0 Å². The van der Waals surface area contributed by atoms with Gasteiger partial charge in [-0.1, -0.05) is 30.3 Å². The number of fused-ring (bicyclic) bond motifs is 1. The zero-order valence-corrected chi connectivity index (χ0v) is 13.1. The smallest absolute Gasteiger partial charge is 0.339 e. The topological polar surface area (TPSA) is 75.7 Å². The minimum absolute atomic E-state index is 0.197. The third-order valence-electron chi connectivity index (χ3n) is 3.91. The number of carbonyl (C=O) groups excluding carboxylic acids is 3. The molecule has 2 aromatic carbocycles. The Balaban J connectivity index is 1.79. The van der Waals surface area contributed by atoms with Crippen molar-refractivity contribution in [2.75, 3.05) is 23.9 Å². The van der Waals surface area contributed by atoms with E-state index in [1.165, 1.54) is 18.1 Å². The number of amides is 2. The van der Waals surface area contributed by atoms with Crippen LogP contribution in [-0.2, 0) is 20.7 Å². The Labute approximate surface area is 139 Å². The highest BCUT2D eigenvalue weighted by atomic mass is 16.5. The maximum atomic E-state index is 12.5. The summed E-state index contributed by atoms with van der Waals surface area (Å²) in [5.41, 5.74) is 2.23. The molecule has 0 atom stereocenters. The number of nitrogens with zero attached hydrogens (tertiary/aromatic N) is 1. The van der Waals surface area contributed by atoms with Gasteiger partial charge in [0, 0.05) is 12.2 Å². The molecule has 0 spiro atoms. The largest absolute Gasteiger partial charge is 0.465 e. The number of nitrogens with one attached hydrogen (secondary N) is 1. The molecule has 1 aliphatic heterocycles. The highest BCUT2D eigenvalue weighted by Crippen LogP contribution is 2.27. The molecule has 0 bridgehead atoms. The first-order valence-corrected chi connectivity index (χ1v) is 7.50. The molecule has 122 valence electrons. The number of esters is 1. The highest BCUT2D eigenvalue weighted by molar-refractivity contribution is 6.44. The Morgan fingerprint density at radius 3 is 2.54 bits per heavy atom. The van der Waals surface area contributed by atoms with E-state index in [1.807, 2.05) is 24.3 Å². The van der Waals surface area contributed by atoms with Gasteiger partial charge in [0.1, 0.15) is 0 Å². The van der Waals surface area contributed by atoms with Crippen LogP contribution in [0.4, 0.5) is 11.4 Å². The zero-order valence-electron chi connectivity index (χ0n) is 13.1. The predicted molar refractivity (Wildman–Crippen MR) is 88.9 cm³/mol. The lowest BCUT2D eigenvalue weighted by Crippen LogP contribution is -2.39. The average molecular weight is 324 g/mol. The van der Waals surface area contributed by atoms with Gasteiger partial charge in [-0.05, 0) is 30.2 Å². The van der Waals surface area contributed by atoms with Gasteiger partial charge in [0.05, 0.1) is 18.4 Å². The maximum Gasteiger partial charge on any atom is 0.339 e. The van der Waals surface area contributed by atoms with E-state index >= 15 is 0 Å². The van der Waals surface area contributed by atoms with Crippen LogP contribution in [0.5, 0.6) is 0 Å². The summed E-state index contributed by atoms with van der Waals surface area (Å²) in [7, 11) is 1.26. The van der Waals surface area contributed by atoms with Crippen LogP contribution in [0, 0.1) is 0 Å². The van der Waals surface area contributed by atoms with Gasteiger partial charge in [-0.2, -0.15) is 0 Å². The minimum Gasteiger partial charge on any atom is -0.465 e. The van der Waals surface area contributed by atoms with Gasteiger partial charge < -0.3 is 15.0 Å². The van der Waals surface area contributed by atoms with E-state index in [0.717, 1.165) is 11.3 Å². The van der Waals surface area contributed by atoms with E-state index in [4.69, 9.17) is 0 Å². The summed E-state index contributed by atoms with van der Waals surface area (Å²) in [6.45, 7) is 0.463. The summed E-state index contributed by atoms with van der Waals surface area (Å²) in [6, 6.07) is 13.9. The third-order valence-corrected chi connectivity index (χ3v) is 3.91. The molecule has 3 rings (SSSR count). The molecule has 0 unspecified atom stereocenters. The van der Waals surface area contributed by atoms with Gasteiger partial charge in [-0.3, -0.25) is 9.59 Å². The van der Waals surface area contributed by atoms with Gasteiger partial charge in [0.15, 0.2) is 0 Å². The lowest BCUT2D eigenvalue weighted by atomic mass is 10.1. The second-order valence-corrected chi connectivity index (χ2v) is 5.33. The van der Waals surface area contributed by atoms with Crippen LogP contribution in [0.25, 0.3) is 0 Å². The van der Waals surface area contributed by atoms with Crippen molar-refractivity contribution in [1.29, 1.82) is 0 Å². The van der Waals surface area contributed by atoms with Crippen molar-refractivity contribution in [3.05, 3.63) is 59.7 Å². The van der Waals surface area contributed by atoms with Crippen molar-refractivity contribution in [3.63, 3.8) is 0 Å². The summed E-state index contributed by atoms with van der Waals surface area (Å²) in [6.07, 6.45) is 0.716.